The Labute approximate surface area is 175 Å². The highest BCUT2D eigenvalue weighted by Gasteiger charge is 2.18. The van der Waals surface area contributed by atoms with Crippen molar-refractivity contribution in [2.45, 2.75) is 20.4 Å². The van der Waals surface area contributed by atoms with Gasteiger partial charge in [0.05, 0.1) is 41.5 Å². The minimum Gasteiger partial charge on any atom is -0.378 e. The molecule has 10 heteroatoms. The van der Waals surface area contributed by atoms with Crippen LogP contribution >= 0.6 is 15.9 Å². The second-order valence-corrected chi connectivity index (χ2v) is 8.02. The van der Waals surface area contributed by atoms with E-state index in [9.17, 15) is 0 Å². The molecule has 0 radical (unpaired) electrons. The van der Waals surface area contributed by atoms with E-state index in [0.717, 1.165) is 40.1 Å². The van der Waals surface area contributed by atoms with Gasteiger partial charge in [-0.05, 0) is 53.0 Å². The molecule has 29 heavy (non-hydrogen) atoms. The van der Waals surface area contributed by atoms with Crippen LogP contribution in [-0.2, 0) is 11.3 Å². The number of ether oxygens (including phenoxy) is 1. The Hall–Kier alpha value is -2.72. The van der Waals surface area contributed by atoms with Gasteiger partial charge in [-0.2, -0.15) is 19.6 Å². The normalized spacial score (nSPS) is 14.8. The van der Waals surface area contributed by atoms with E-state index in [2.05, 4.69) is 67.2 Å². The molecular weight excluding hydrogens is 436 g/mol. The van der Waals surface area contributed by atoms with E-state index in [1.54, 1.807) is 10.7 Å². The average molecular weight is 457 g/mol. The lowest BCUT2D eigenvalue weighted by atomic mass is 10.1. The SMILES string of the molecule is Cc1cc2nc(CNc3nc(N4CCOCC4)nc4c(Br)cnn34)[nH]c2cc1C. The Morgan fingerprint density at radius 3 is 2.76 bits per heavy atom. The standard InChI is InChI=1S/C19H21BrN8O/c1-11-7-14-15(8-12(11)2)24-16(23-14)10-21-18-26-19(27-3-5-29-6-4-27)25-17-13(20)9-22-28(17)18/h7-9H,3-6,10H2,1-2H3,(H,23,24)(H,21,25,26). The smallest absolute Gasteiger partial charge is 0.230 e. The molecule has 0 spiro atoms. The van der Waals surface area contributed by atoms with Gasteiger partial charge in [-0.3, -0.25) is 0 Å². The summed E-state index contributed by atoms with van der Waals surface area (Å²) < 4.78 is 7.97. The van der Waals surface area contributed by atoms with Crippen LogP contribution in [0.1, 0.15) is 17.0 Å². The Morgan fingerprint density at radius 2 is 1.93 bits per heavy atom. The average Bonchev–Trinajstić information content (AvgIpc) is 3.30. The fourth-order valence-corrected chi connectivity index (χ4v) is 3.78. The lowest BCUT2D eigenvalue weighted by Gasteiger charge is -2.27. The number of rotatable bonds is 4. The summed E-state index contributed by atoms with van der Waals surface area (Å²) >= 11 is 3.53. The molecule has 4 aromatic rings. The van der Waals surface area contributed by atoms with Crippen LogP contribution in [0.2, 0.25) is 0 Å². The molecule has 0 atom stereocenters. The second kappa shape index (κ2) is 7.27. The monoisotopic (exact) mass is 456 g/mol. The molecule has 1 aromatic carbocycles. The molecule has 2 N–H and O–H groups in total. The number of halogens is 1. The van der Waals surface area contributed by atoms with Crippen LogP contribution in [0.5, 0.6) is 0 Å². The molecule has 0 saturated carbocycles. The summed E-state index contributed by atoms with van der Waals surface area (Å²) in [6.45, 7) is 7.59. The van der Waals surface area contributed by atoms with Crippen molar-refractivity contribution in [1.29, 1.82) is 0 Å². The quantitative estimate of drug-likeness (QED) is 0.487. The first-order valence-electron chi connectivity index (χ1n) is 9.52. The number of morpholine rings is 1. The number of aryl methyl sites for hydroxylation is 2. The van der Waals surface area contributed by atoms with Gasteiger partial charge in [0.1, 0.15) is 5.82 Å². The Kier molecular flexibility index (Phi) is 4.59. The number of nitrogens with one attached hydrogen (secondary N) is 2. The molecule has 3 aromatic heterocycles. The fraction of sp³-hybridized carbons (Fsp3) is 0.368. The number of nitrogens with zero attached hydrogens (tertiary/aromatic N) is 6. The van der Waals surface area contributed by atoms with Gasteiger partial charge in [-0.15, -0.1) is 0 Å². The minimum atomic E-state index is 0.499. The van der Waals surface area contributed by atoms with Crippen molar-refractivity contribution in [3.05, 3.63) is 39.8 Å². The highest BCUT2D eigenvalue weighted by Crippen LogP contribution is 2.23. The summed E-state index contributed by atoms with van der Waals surface area (Å²) in [6, 6.07) is 4.24. The highest BCUT2D eigenvalue weighted by molar-refractivity contribution is 9.10. The van der Waals surface area contributed by atoms with Gasteiger partial charge < -0.3 is 19.9 Å². The van der Waals surface area contributed by atoms with E-state index in [0.29, 0.717) is 31.7 Å². The zero-order valence-electron chi connectivity index (χ0n) is 16.2. The molecule has 1 saturated heterocycles. The third-order valence-electron chi connectivity index (χ3n) is 5.17. The van der Waals surface area contributed by atoms with Crippen LogP contribution in [0, 0.1) is 13.8 Å². The van der Waals surface area contributed by atoms with Crippen molar-refractivity contribution >= 4 is 44.5 Å². The maximum atomic E-state index is 5.45. The number of benzene rings is 1. The van der Waals surface area contributed by atoms with E-state index in [1.165, 1.54) is 11.1 Å². The number of anilines is 2. The summed E-state index contributed by atoms with van der Waals surface area (Å²) in [5, 5.41) is 7.75. The summed E-state index contributed by atoms with van der Waals surface area (Å²) in [5.41, 5.74) is 5.20. The van der Waals surface area contributed by atoms with Crippen LogP contribution in [0.3, 0.4) is 0 Å². The summed E-state index contributed by atoms with van der Waals surface area (Å²) in [5.74, 6) is 2.13. The van der Waals surface area contributed by atoms with Crippen LogP contribution in [-0.4, -0.2) is 55.9 Å². The zero-order valence-corrected chi connectivity index (χ0v) is 17.8. The maximum absolute atomic E-state index is 5.45. The zero-order chi connectivity index (χ0) is 20.0. The van der Waals surface area contributed by atoms with E-state index in [4.69, 9.17) is 14.7 Å². The molecule has 1 aliphatic rings. The van der Waals surface area contributed by atoms with Crippen LogP contribution in [0.4, 0.5) is 11.9 Å². The first-order valence-corrected chi connectivity index (χ1v) is 10.3. The summed E-state index contributed by atoms with van der Waals surface area (Å²) in [6.07, 6.45) is 1.73. The first-order chi connectivity index (χ1) is 14.1. The predicted octanol–water partition coefficient (Wildman–Crippen LogP) is 2.83. The van der Waals surface area contributed by atoms with Crippen molar-refractivity contribution in [1.82, 2.24) is 29.5 Å². The molecule has 5 rings (SSSR count). The molecule has 1 aliphatic heterocycles. The van der Waals surface area contributed by atoms with Crippen molar-refractivity contribution < 1.29 is 4.74 Å². The summed E-state index contributed by atoms with van der Waals surface area (Å²) in [7, 11) is 0. The topological polar surface area (TPSA) is 96.3 Å². The first kappa shape index (κ1) is 18.3. The molecule has 9 nitrogen and oxygen atoms in total. The maximum Gasteiger partial charge on any atom is 0.230 e. The molecule has 0 unspecified atom stereocenters. The van der Waals surface area contributed by atoms with Crippen molar-refractivity contribution in [3.8, 4) is 0 Å². The van der Waals surface area contributed by atoms with Gasteiger partial charge in [0.2, 0.25) is 11.9 Å². The van der Waals surface area contributed by atoms with Gasteiger partial charge in [0, 0.05) is 13.1 Å². The number of imidazole rings is 1. The lowest BCUT2D eigenvalue weighted by molar-refractivity contribution is 0.122. The predicted molar refractivity (Wildman–Crippen MR) is 114 cm³/mol. The van der Waals surface area contributed by atoms with Crippen LogP contribution in [0.25, 0.3) is 16.7 Å². The van der Waals surface area contributed by atoms with E-state index in [1.807, 2.05) is 0 Å². The van der Waals surface area contributed by atoms with Crippen LogP contribution < -0.4 is 10.2 Å². The van der Waals surface area contributed by atoms with Crippen molar-refractivity contribution in [3.63, 3.8) is 0 Å². The summed E-state index contributed by atoms with van der Waals surface area (Å²) in [4.78, 5) is 19.6. The molecular formula is C19H21BrN8O. The second-order valence-electron chi connectivity index (χ2n) is 7.17. The molecule has 0 bridgehead atoms. The number of H-pyrrole nitrogens is 1. The fourth-order valence-electron chi connectivity index (χ4n) is 3.43. The number of aromatic nitrogens is 6. The van der Waals surface area contributed by atoms with Crippen LogP contribution in [0.15, 0.2) is 22.8 Å². The lowest BCUT2D eigenvalue weighted by Crippen LogP contribution is -2.37. The van der Waals surface area contributed by atoms with Gasteiger partial charge in [0.25, 0.3) is 0 Å². The number of aromatic amines is 1. The minimum absolute atomic E-state index is 0.499. The molecule has 150 valence electrons. The van der Waals surface area contributed by atoms with E-state index in [-0.39, 0.29) is 0 Å². The Balaban J connectivity index is 1.46. The number of hydrogen-bond donors (Lipinski definition) is 2. The van der Waals surface area contributed by atoms with E-state index >= 15 is 0 Å². The van der Waals surface area contributed by atoms with Gasteiger partial charge in [0.15, 0.2) is 5.65 Å². The molecule has 1 fully saturated rings. The Morgan fingerprint density at radius 1 is 1.14 bits per heavy atom. The van der Waals surface area contributed by atoms with Gasteiger partial charge in [-0.1, -0.05) is 0 Å². The van der Waals surface area contributed by atoms with E-state index < -0.39 is 0 Å². The molecule has 0 amide bonds. The van der Waals surface area contributed by atoms with Gasteiger partial charge in [-0.25, -0.2) is 4.98 Å². The Bertz CT molecular complexity index is 1160. The van der Waals surface area contributed by atoms with Crippen molar-refractivity contribution in [2.24, 2.45) is 0 Å². The number of fused-ring (bicyclic) bond motifs is 2. The third-order valence-corrected chi connectivity index (χ3v) is 5.73. The third kappa shape index (κ3) is 3.42. The number of hydrogen-bond acceptors (Lipinski definition) is 7. The molecule has 4 heterocycles. The van der Waals surface area contributed by atoms with Crippen molar-refractivity contribution in [2.75, 3.05) is 36.5 Å². The highest BCUT2D eigenvalue weighted by atomic mass is 79.9. The molecule has 0 aliphatic carbocycles. The largest absolute Gasteiger partial charge is 0.378 e. The van der Waals surface area contributed by atoms with Gasteiger partial charge >= 0.3 is 0 Å².